The van der Waals surface area contributed by atoms with Crippen LogP contribution in [0, 0.1) is 11.3 Å². The maximum Gasteiger partial charge on any atom is 0.428 e. The lowest BCUT2D eigenvalue weighted by atomic mass is 9.86. The molecule has 2 atom stereocenters. The van der Waals surface area contributed by atoms with Crippen LogP contribution >= 0.6 is 0 Å². The molecule has 0 amide bonds. The Hall–Kier alpha value is 0.0969. The summed E-state index contributed by atoms with van der Waals surface area (Å²) in [6.45, 7) is 17.9. The highest BCUT2D eigenvalue weighted by molar-refractivity contribution is 6.65. The van der Waals surface area contributed by atoms with Crippen molar-refractivity contribution in [1.29, 1.82) is 0 Å². The summed E-state index contributed by atoms with van der Waals surface area (Å²) in [7, 11) is -0.367. The topological polar surface area (TPSA) is 21.7 Å². The first-order valence-electron chi connectivity index (χ1n) is 7.47. The zero-order valence-corrected chi connectivity index (χ0v) is 15.2. The van der Waals surface area contributed by atoms with E-state index in [0.717, 1.165) is 19.2 Å². The van der Waals surface area contributed by atoms with Gasteiger partial charge < -0.3 is 8.85 Å². The van der Waals surface area contributed by atoms with E-state index in [2.05, 4.69) is 53.0 Å². The smallest absolute Gasteiger partial charge is 0.386 e. The van der Waals surface area contributed by atoms with Crippen molar-refractivity contribution in [3.8, 4) is 0 Å². The van der Waals surface area contributed by atoms with Crippen molar-refractivity contribution in [3.05, 3.63) is 0 Å². The lowest BCUT2D eigenvalue weighted by molar-refractivity contribution is 0.160. The molecule has 1 aliphatic heterocycles. The highest BCUT2D eigenvalue weighted by Gasteiger charge is 2.53. The third-order valence-corrected chi connectivity index (χ3v) is 7.97. The second kappa shape index (κ2) is 5.84. The second-order valence-electron chi connectivity index (χ2n) is 8.16. The van der Waals surface area contributed by atoms with E-state index < -0.39 is 8.72 Å². The molecular formula is C15H33NO2Si. The molecule has 1 fully saturated rings. The van der Waals surface area contributed by atoms with Gasteiger partial charge in [0.1, 0.15) is 0 Å². The van der Waals surface area contributed by atoms with E-state index >= 15 is 0 Å². The van der Waals surface area contributed by atoms with Crippen molar-refractivity contribution >= 4 is 8.72 Å². The van der Waals surface area contributed by atoms with Crippen LogP contribution in [0.25, 0.3) is 0 Å². The Morgan fingerprint density at radius 2 is 1.79 bits per heavy atom. The predicted octanol–water partition coefficient (Wildman–Crippen LogP) is 3.77. The van der Waals surface area contributed by atoms with Gasteiger partial charge in [0.15, 0.2) is 0 Å². The van der Waals surface area contributed by atoms with Gasteiger partial charge in [-0.3, -0.25) is 4.57 Å². The van der Waals surface area contributed by atoms with Crippen LogP contribution < -0.4 is 0 Å². The molecule has 0 aromatic carbocycles. The molecule has 2 unspecified atom stereocenters. The van der Waals surface area contributed by atoms with Gasteiger partial charge in [0.2, 0.25) is 0 Å². The van der Waals surface area contributed by atoms with Gasteiger partial charge >= 0.3 is 8.72 Å². The van der Waals surface area contributed by atoms with Crippen LogP contribution in [0.2, 0.25) is 6.04 Å². The summed E-state index contributed by atoms with van der Waals surface area (Å²) in [5.41, 5.74) is 0.494. The third-order valence-electron chi connectivity index (χ3n) is 3.75. The van der Waals surface area contributed by atoms with Gasteiger partial charge in [-0.2, -0.15) is 0 Å². The summed E-state index contributed by atoms with van der Waals surface area (Å²) < 4.78 is 14.6. The maximum atomic E-state index is 6.16. The first-order chi connectivity index (χ1) is 8.50. The van der Waals surface area contributed by atoms with E-state index in [4.69, 9.17) is 8.85 Å². The van der Waals surface area contributed by atoms with Gasteiger partial charge in [-0.1, -0.05) is 27.7 Å². The normalized spacial score (nSPS) is 27.8. The van der Waals surface area contributed by atoms with E-state index in [0.29, 0.717) is 11.3 Å². The van der Waals surface area contributed by atoms with Crippen molar-refractivity contribution in [1.82, 2.24) is 4.57 Å². The Morgan fingerprint density at radius 1 is 1.21 bits per heavy atom. The summed E-state index contributed by atoms with van der Waals surface area (Å²) in [6, 6.07) is 1.07. The van der Waals surface area contributed by atoms with E-state index in [1.807, 2.05) is 7.11 Å². The first kappa shape index (κ1) is 17.1. The van der Waals surface area contributed by atoms with Crippen LogP contribution in [-0.4, -0.2) is 39.1 Å². The van der Waals surface area contributed by atoms with Gasteiger partial charge in [-0.15, -0.1) is 0 Å². The maximum absolute atomic E-state index is 6.16. The predicted molar refractivity (Wildman–Crippen MR) is 83.2 cm³/mol. The van der Waals surface area contributed by atoms with Crippen molar-refractivity contribution in [3.63, 3.8) is 0 Å². The lowest BCUT2D eigenvalue weighted by Gasteiger charge is -2.42. The van der Waals surface area contributed by atoms with Gasteiger partial charge in [-0.05, 0) is 38.5 Å². The Morgan fingerprint density at radius 3 is 2.21 bits per heavy atom. The third kappa shape index (κ3) is 4.55. The largest absolute Gasteiger partial charge is 0.428 e. The Labute approximate surface area is 121 Å². The summed E-state index contributed by atoms with van der Waals surface area (Å²) in [6.07, 6.45) is 1.21. The second-order valence-corrected chi connectivity index (χ2v) is 11.2. The summed E-state index contributed by atoms with van der Waals surface area (Å²) in [5, 5.41) is 0. The SMILES string of the molecule is CO[Si]1(CC(C)CC(C)(C)C)OCCN1C(C)(C)C. The molecule has 1 rings (SSSR count). The number of hydrogen-bond donors (Lipinski definition) is 0. The summed E-state index contributed by atoms with van der Waals surface area (Å²) in [5.74, 6) is 0.634. The fourth-order valence-corrected chi connectivity index (χ4v) is 7.26. The Bertz CT molecular complexity index is 296. The molecule has 1 heterocycles. The number of rotatable bonds is 4. The van der Waals surface area contributed by atoms with Crippen molar-refractivity contribution < 1.29 is 8.85 Å². The lowest BCUT2D eigenvalue weighted by Crippen LogP contribution is -2.60. The van der Waals surface area contributed by atoms with Crippen molar-refractivity contribution in [2.45, 2.75) is 66.5 Å². The van der Waals surface area contributed by atoms with Crippen LogP contribution in [-0.2, 0) is 8.85 Å². The molecule has 0 aromatic rings. The fourth-order valence-electron chi connectivity index (χ4n) is 3.37. The molecule has 0 N–H and O–H groups in total. The van der Waals surface area contributed by atoms with Crippen LogP contribution in [0.5, 0.6) is 0 Å². The zero-order valence-electron chi connectivity index (χ0n) is 14.2. The first-order valence-corrected chi connectivity index (χ1v) is 9.44. The molecule has 0 spiro atoms. The quantitative estimate of drug-likeness (QED) is 0.735. The van der Waals surface area contributed by atoms with Gasteiger partial charge in [0.25, 0.3) is 0 Å². The van der Waals surface area contributed by atoms with Crippen LogP contribution in [0.4, 0.5) is 0 Å². The van der Waals surface area contributed by atoms with E-state index in [1.54, 1.807) is 0 Å². The van der Waals surface area contributed by atoms with Gasteiger partial charge in [-0.25, -0.2) is 0 Å². The van der Waals surface area contributed by atoms with Gasteiger partial charge in [0.05, 0.1) is 0 Å². The van der Waals surface area contributed by atoms with Crippen LogP contribution in [0.3, 0.4) is 0 Å². The highest BCUT2D eigenvalue weighted by atomic mass is 28.4. The molecule has 0 saturated carbocycles. The standard InChI is InChI=1S/C15H33NO2Si/c1-13(11-14(2,3)4)12-19(17-8)16(9-10-18-19)15(5,6)7/h13H,9-12H2,1-8H3. The molecule has 114 valence electrons. The molecule has 4 heteroatoms. The van der Waals surface area contributed by atoms with Crippen molar-refractivity contribution in [2.75, 3.05) is 20.3 Å². The average Bonchev–Trinajstić information content (AvgIpc) is 2.58. The average molecular weight is 288 g/mol. The Kier molecular flexibility index (Phi) is 5.27. The van der Waals surface area contributed by atoms with E-state index in [-0.39, 0.29) is 5.54 Å². The minimum atomic E-state index is -2.20. The molecule has 0 aromatic heterocycles. The fraction of sp³-hybridized carbons (Fsp3) is 1.00. The summed E-state index contributed by atoms with van der Waals surface area (Å²) in [4.78, 5) is 0. The molecule has 0 radical (unpaired) electrons. The molecule has 1 aliphatic rings. The number of hydrogen-bond acceptors (Lipinski definition) is 3. The van der Waals surface area contributed by atoms with E-state index in [9.17, 15) is 0 Å². The van der Waals surface area contributed by atoms with Crippen LogP contribution in [0.1, 0.15) is 54.9 Å². The van der Waals surface area contributed by atoms with Crippen molar-refractivity contribution in [2.24, 2.45) is 11.3 Å². The molecule has 0 aliphatic carbocycles. The minimum absolute atomic E-state index is 0.125. The molecule has 1 saturated heterocycles. The highest BCUT2D eigenvalue weighted by Crippen LogP contribution is 2.36. The van der Waals surface area contributed by atoms with E-state index in [1.165, 1.54) is 6.42 Å². The summed E-state index contributed by atoms with van der Waals surface area (Å²) >= 11 is 0. The monoisotopic (exact) mass is 287 g/mol. The minimum Gasteiger partial charge on any atom is -0.386 e. The molecular weight excluding hydrogens is 254 g/mol. The number of nitrogens with zero attached hydrogens (tertiary/aromatic N) is 1. The molecule has 0 bridgehead atoms. The molecule has 3 nitrogen and oxygen atoms in total. The molecule has 19 heavy (non-hydrogen) atoms. The Balaban J connectivity index is 2.80. The zero-order chi connectivity index (χ0) is 14.9. The van der Waals surface area contributed by atoms with Gasteiger partial charge in [0, 0.05) is 31.8 Å². The van der Waals surface area contributed by atoms with Crippen LogP contribution in [0.15, 0.2) is 0 Å².